The quantitative estimate of drug-likeness (QED) is 0.798. The maximum Gasteiger partial charge on any atom is 0.305 e. The molecule has 8 heteroatoms. The van der Waals surface area contributed by atoms with Gasteiger partial charge in [-0.25, -0.2) is 9.07 Å². The van der Waals surface area contributed by atoms with E-state index in [1.54, 1.807) is 19.1 Å². The molecule has 0 aliphatic carbocycles. The summed E-state index contributed by atoms with van der Waals surface area (Å²) in [6.45, 7) is 5.63. The summed E-state index contributed by atoms with van der Waals surface area (Å²) in [7, 11) is 0. The van der Waals surface area contributed by atoms with Gasteiger partial charge in [-0.15, -0.1) is 5.10 Å². The van der Waals surface area contributed by atoms with Gasteiger partial charge in [-0.1, -0.05) is 31.2 Å². The van der Waals surface area contributed by atoms with E-state index in [-0.39, 0.29) is 30.4 Å². The highest BCUT2D eigenvalue weighted by molar-refractivity contribution is 5.92. The average molecular weight is 348 g/mol. The Balaban J connectivity index is 2.10. The van der Waals surface area contributed by atoms with E-state index in [2.05, 4.69) is 15.6 Å². The zero-order chi connectivity index (χ0) is 18.6. The van der Waals surface area contributed by atoms with E-state index < -0.39 is 17.4 Å². The third-order valence-electron chi connectivity index (χ3n) is 4.20. The molecule has 0 aliphatic rings. The Kier molecular flexibility index (Phi) is 5.51. The number of halogens is 1. The summed E-state index contributed by atoms with van der Waals surface area (Å²) in [6, 6.07) is 6.06. The topological polar surface area (TPSA) is 97.1 Å². The van der Waals surface area contributed by atoms with E-state index in [0.717, 1.165) is 0 Å². The van der Waals surface area contributed by atoms with Crippen molar-refractivity contribution in [1.82, 2.24) is 20.3 Å². The molecule has 7 nitrogen and oxygen atoms in total. The number of nitrogens with one attached hydrogen (secondary N) is 1. The molecule has 134 valence electrons. The second-order valence-corrected chi connectivity index (χ2v) is 6.53. The van der Waals surface area contributed by atoms with E-state index in [9.17, 15) is 14.0 Å². The average Bonchev–Trinajstić information content (AvgIpc) is 2.94. The first-order chi connectivity index (χ1) is 11.7. The largest absolute Gasteiger partial charge is 0.481 e. The first-order valence-corrected chi connectivity index (χ1v) is 7.88. The van der Waals surface area contributed by atoms with Crippen LogP contribution in [0.4, 0.5) is 4.39 Å². The zero-order valence-electron chi connectivity index (χ0n) is 14.4. The van der Waals surface area contributed by atoms with Gasteiger partial charge in [0.15, 0.2) is 5.69 Å². The van der Waals surface area contributed by atoms with Gasteiger partial charge < -0.3 is 10.4 Å². The molecule has 0 aliphatic heterocycles. The van der Waals surface area contributed by atoms with Gasteiger partial charge in [0.05, 0.1) is 24.7 Å². The summed E-state index contributed by atoms with van der Waals surface area (Å²) in [4.78, 5) is 23.4. The van der Waals surface area contributed by atoms with Gasteiger partial charge in [-0.05, 0) is 30.5 Å². The van der Waals surface area contributed by atoms with Crippen molar-refractivity contribution in [1.29, 1.82) is 0 Å². The summed E-state index contributed by atoms with van der Waals surface area (Å²) in [6.07, 6.45) is 1.25. The number of rotatable bonds is 7. The van der Waals surface area contributed by atoms with Gasteiger partial charge in [0.2, 0.25) is 0 Å². The van der Waals surface area contributed by atoms with Crippen molar-refractivity contribution in [3.8, 4) is 0 Å². The lowest BCUT2D eigenvalue weighted by atomic mass is 9.85. The smallest absolute Gasteiger partial charge is 0.305 e. The van der Waals surface area contributed by atoms with Gasteiger partial charge in [0, 0.05) is 0 Å². The van der Waals surface area contributed by atoms with Crippen LogP contribution < -0.4 is 5.32 Å². The van der Waals surface area contributed by atoms with Crippen molar-refractivity contribution in [2.24, 2.45) is 5.92 Å². The van der Waals surface area contributed by atoms with E-state index >= 15 is 0 Å². The number of nitrogens with zero attached hydrogens (tertiary/aromatic N) is 3. The molecule has 0 fully saturated rings. The lowest BCUT2D eigenvalue weighted by Gasteiger charge is -2.33. The van der Waals surface area contributed by atoms with Gasteiger partial charge in [0.1, 0.15) is 5.82 Å². The molecule has 0 saturated heterocycles. The molecule has 2 N–H and O–H groups in total. The van der Waals surface area contributed by atoms with Gasteiger partial charge in [-0.2, -0.15) is 0 Å². The number of hydrogen-bond acceptors (Lipinski definition) is 4. The fraction of sp³-hybridized carbons (Fsp3) is 0.412. The molecular formula is C17H21FN4O3. The summed E-state index contributed by atoms with van der Waals surface area (Å²) in [5, 5.41) is 19.5. The monoisotopic (exact) mass is 348 g/mol. The zero-order valence-corrected chi connectivity index (χ0v) is 14.4. The van der Waals surface area contributed by atoms with E-state index in [1.165, 1.54) is 23.0 Å². The Labute approximate surface area is 144 Å². The van der Waals surface area contributed by atoms with Crippen LogP contribution >= 0.6 is 0 Å². The Hall–Kier alpha value is -2.77. The molecule has 0 saturated carbocycles. The van der Waals surface area contributed by atoms with Gasteiger partial charge >= 0.3 is 5.97 Å². The number of carbonyl (C=O) groups excluding carboxylic acids is 1. The molecule has 2 rings (SSSR count). The first kappa shape index (κ1) is 18.6. The number of carboxylic acid groups (broad SMARTS) is 1. The van der Waals surface area contributed by atoms with Crippen LogP contribution in [0.5, 0.6) is 0 Å². The first-order valence-electron chi connectivity index (χ1n) is 7.88. The normalized spacial score (nSPS) is 13.5. The maximum atomic E-state index is 13.2. The maximum absolute atomic E-state index is 13.2. The molecule has 25 heavy (non-hydrogen) atoms. The van der Waals surface area contributed by atoms with E-state index in [4.69, 9.17) is 5.11 Å². The van der Waals surface area contributed by atoms with Crippen LogP contribution in [0.25, 0.3) is 0 Å². The number of aliphatic carboxylic acids is 1. The Morgan fingerprint density at radius 3 is 2.72 bits per heavy atom. The van der Waals surface area contributed by atoms with Crippen LogP contribution in [0, 0.1) is 11.7 Å². The molecule has 1 atom stereocenters. The minimum Gasteiger partial charge on any atom is -0.481 e. The molecule has 1 aromatic carbocycles. The molecular weight excluding hydrogens is 327 g/mol. The number of hydrogen-bond donors (Lipinski definition) is 2. The summed E-state index contributed by atoms with van der Waals surface area (Å²) in [5.41, 5.74) is -0.140. The SMILES string of the molecule is CC(C)C(C)(CC(=O)O)NC(=O)c1cn(Cc2cccc(F)c2)nn1. The minimum absolute atomic E-state index is 0.0775. The fourth-order valence-electron chi connectivity index (χ4n) is 2.33. The van der Waals surface area contributed by atoms with Crippen LogP contribution in [0.1, 0.15) is 43.2 Å². The van der Waals surface area contributed by atoms with Crippen molar-refractivity contribution in [3.63, 3.8) is 0 Å². The second kappa shape index (κ2) is 7.42. The van der Waals surface area contributed by atoms with Gasteiger partial charge in [0.25, 0.3) is 5.91 Å². The molecule has 0 radical (unpaired) electrons. The van der Waals surface area contributed by atoms with Crippen molar-refractivity contribution >= 4 is 11.9 Å². The highest BCUT2D eigenvalue weighted by atomic mass is 19.1. The van der Waals surface area contributed by atoms with Crippen molar-refractivity contribution in [2.75, 3.05) is 0 Å². The molecule has 1 unspecified atom stereocenters. The van der Waals surface area contributed by atoms with Crippen LogP contribution in [-0.2, 0) is 11.3 Å². The van der Waals surface area contributed by atoms with E-state index in [1.807, 2.05) is 13.8 Å². The Bertz CT molecular complexity index is 775. The number of aromatic nitrogens is 3. The molecule has 1 aromatic heterocycles. The minimum atomic E-state index is -0.994. The number of carboxylic acids is 1. The van der Waals surface area contributed by atoms with Crippen molar-refractivity contribution in [3.05, 3.63) is 47.5 Å². The van der Waals surface area contributed by atoms with Crippen LogP contribution in [-0.4, -0.2) is 37.5 Å². The number of carbonyl (C=O) groups is 2. The predicted molar refractivity (Wildman–Crippen MR) is 88.5 cm³/mol. The van der Waals surface area contributed by atoms with E-state index in [0.29, 0.717) is 5.56 Å². The third kappa shape index (κ3) is 4.85. The molecule has 0 spiro atoms. The van der Waals surface area contributed by atoms with Crippen LogP contribution in [0.3, 0.4) is 0 Å². The predicted octanol–water partition coefficient (Wildman–Crippen LogP) is 2.08. The van der Waals surface area contributed by atoms with Crippen molar-refractivity contribution in [2.45, 2.75) is 39.3 Å². The molecule has 0 bridgehead atoms. The molecule has 1 amide bonds. The highest BCUT2D eigenvalue weighted by Crippen LogP contribution is 2.21. The second-order valence-electron chi connectivity index (χ2n) is 6.53. The number of benzene rings is 1. The number of amides is 1. The Morgan fingerprint density at radius 2 is 2.12 bits per heavy atom. The highest BCUT2D eigenvalue weighted by Gasteiger charge is 2.33. The Morgan fingerprint density at radius 1 is 1.40 bits per heavy atom. The lowest BCUT2D eigenvalue weighted by Crippen LogP contribution is -2.51. The lowest BCUT2D eigenvalue weighted by molar-refractivity contribution is -0.138. The van der Waals surface area contributed by atoms with Gasteiger partial charge in [-0.3, -0.25) is 9.59 Å². The summed E-state index contributed by atoms with van der Waals surface area (Å²) < 4.78 is 14.6. The van der Waals surface area contributed by atoms with Crippen LogP contribution in [0.2, 0.25) is 0 Å². The van der Waals surface area contributed by atoms with Crippen LogP contribution in [0.15, 0.2) is 30.5 Å². The summed E-state index contributed by atoms with van der Waals surface area (Å²) >= 11 is 0. The third-order valence-corrected chi connectivity index (χ3v) is 4.20. The standard InChI is InChI=1S/C17H21FN4O3/c1-11(2)17(3,8-15(23)24)19-16(25)14-10-22(21-20-14)9-12-5-4-6-13(18)7-12/h4-7,10-11H,8-9H2,1-3H3,(H,19,25)(H,23,24). The van der Waals surface area contributed by atoms with Crippen molar-refractivity contribution < 1.29 is 19.1 Å². The molecule has 2 aromatic rings. The summed E-state index contributed by atoms with van der Waals surface area (Å²) in [5.74, 6) is -1.93. The fourth-order valence-corrected chi connectivity index (χ4v) is 2.33. The molecule has 1 heterocycles.